The maximum Gasteiger partial charge on any atom is 0.410 e. The van der Waals surface area contributed by atoms with E-state index in [2.05, 4.69) is 21.8 Å². The Morgan fingerprint density at radius 3 is 2.65 bits per heavy atom. The fourth-order valence-electron chi connectivity index (χ4n) is 7.82. The highest BCUT2D eigenvalue weighted by molar-refractivity contribution is 7.90. The number of hydrogen-bond donors (Lipinski definition) is 1. The van der Waals surface area contributed by atoms with Gasteiger partial charge in [-0.3, -0.25) is 9.69 Å². The van der Waals surface area contributed by atoms with Gasteiger partial charge < -0.3 is 19.3 Å². The van der Waals surface area contributed by atoms with Crippen LogP contribution in [0.25, 0.3) is 0 Å². The number of anilines is 1. The summed E-state index contributed by atoms with van der Waals surface area (Å²) in [5, 5.41) is 0.712. The van der Waals surface area contributed by atoms with E-state index < -0.39 is 27.6 Å². The third-order valence-electron chi connectivity index (χ3n) is 11.5. The van der Waals surface area contributed by atoms with Crippen LogP contribution in [-0.2, 0) is 31.4 Å². The fraction of sp³-hybridized carbons (Fsp3) is 0.556. The quantitative estimate of drug-likeness (QED) is 0.409. The van der Waals surface area contributed by atoms with Crippen LogP contribution in [0.2, 0.25) is 5.02 Å². The number of likely N-dealkylation sites (tertiary alicyclic amines) is 1. The number of fused-ring (bicyclic) bond motifs is 4. The van der Waals surface area contributed by atoms with Gasteiger partial charge in [0.1, 0.15) is 11.9 Å². The van der Waals surface area contributed by atoms with E-state index in [1.165, 1.54) is 17.2 Å². The van der Waals surface area contributed by atoms with Crippen LogP contribution >= 0.6 is 11.6 Å². The second-order valence-corrected chi connectivity index (χ2v) is 16.8. The van der Waals surface area contributed by atoms with Gasteiger partial charge in [0.15, 0.2) is 0 Å². The number of rotatable bonds is 1. The molecule has 48 heavy (non-hydrogen) atoms. The summed E-state index contributed by atoms with van der Waals surface area (Å²) in [4.78, 5) is 32.4. The molecule has 2 aliphatic carbocycles. The summed E-state index contributed by atoms with van der Waals surface area (Å²) < 4.78 is 42.6. The second-order valence-electron chi connectivity index (χ2n) is 14.7. The molecule has 0 aromatic heterocycles. The summed E-state index contributed by atoms with van der Waals surface area (Å²) in [6.45, 7) is 6.88. The number of hydrogen-bond acceptors (Lipinski definition) is 8. The first-order valence-corrected chi connectivity index (χ1v) is 18.9. The zero-order valence-corrected chi connectivity index (χ0v) is 29.5. The summed E-state index contributed by atoms with van der Waals surface area (Å²) in [5.41, 5.74) is 1.64. The Balaban J connectivity index is 1.30. The number of benzene rings is 2. The monoisotopic (exact) mass is 696 g/mol. The molecule has 2 fully saturated rings. The molecule has 1 N–H and O–H groups in total. The zero-order valence-electron chi connectivity index (χ0n) is 27.9. The van der Waals surface area contributed by atoms with Gasteiger partial charge in [0, 0.05) is 49.1 Å². The smallest absolute Gasteiger partial charge is 0.410 e. The van der Waals surface area contributed by atoms with E-state index in [0.717, 1.165) is 38.5 Å². The lowest BCUT2D eigenvalue weighted by Crippen LogP contribution is -2.54. The van der Waals surface area contributed by atoms with E-state index in [0.29, 0.717) is 55.8 Å². The number of amides is 2. The van der Waals surface area contributed by atoms with E-state index in [1.807, 2.05) is 18.2 Å². The van der Waals surface area contributed by atoms with Crippen LogP contribution in [0.4, 0.5) is 10.5 Å². The van der Waals surface area contributed by atoms with Crippen LogP contribution < -0.4 is 14.4 Å². The minimum Gasteiger partial charge on any atom is -0.490 e. The number of likely N-dealkylation sites (N-methyl/N-ethyl adjacent to an activating group) is 1. The minimum atomic E-state index is -4.19. The first-order chi connectivity index (χ1) is 22.9. The van der Waals surface area contributed by atoms with Gasteiger partial charge >= 0.3 is 6.09 Å². The van der Waals surface area contributed by atoms with E-state index in [-0.39, 0.29) is 28.2 Å². The summed E-state index contributed by atoms with van der Waals surface area (Å²) in [6.07, 6.45) is 8.89. The van der Waals surface area contributed by atoms with Gasteiger partial charge in [0.25, 0.3) is 15.9 Å². The molecule has 2 aromatic rings. The van der Waals surface area contributed by atoms with Gasteiger partial charge in [-0.15, -0.1) is 0 Å². The van der Waals surface area contributed by atoms with Crippen LogP contribution in [0.1, 0.15) is 57.1 Å². The molecular formula is C36H45ClN4O6S. The highest BCUT2D eigenvalue weighted by atomic mass is 35.5. The standard InChI is InChI=1S/C36H45ClN4O6S/c1-35(2)33(42)38-48(44,45)27-11-14-32-30(20-27)41(22-36(23-46-32)15-4-7-24-19-26(37)10-13-29(24)36)21-25-9-12-28(25)31(8-5-16-39(35)3)47-34(43)40-17-6-18-40/h5,8,10-11,13-14,19-20,25,28,31H,4,6-7,9,12,15-18,21-23H2,1-3H3,(H,38,42)/t25-,28+,31-,36-/m0/s1. The topological polar surface area (TPSA) is 108 Å². The van der Waals surface area contributed by atoms with Crippen molar-refractivity contribution in [2.45, 2.75) is 74.3 Å². The number of aryl methyl sites for hydroxylation is 1. The average molecular weight is 697 g/mol. The van der Waals surface area contributed by atoms with E-state index in [9.17, 15) is 18.0 Å². The number of carbonyl (C=O) groups excluding carboxylic acids is 2. The average Bonchev–Trinajstić information content (AvgIpc) is 3.14. The molecule has 2 aromatic carbocycles. The molecule has 1 saturated heterocycles. The van der Waals surface area contributed by atoms with Gasteiger partial charge in [0.2, 0.25) is 0 Å². The molecule has 2 amide bonds. The Bertz CT molecular complexity index is 1740. The van der Waals surface area contributed by atoms with Crippen molar-refractivity contribution in [1.29, 1.82) is 0 Å². The molecule has 1 saturated carbocycles. The number of nitrogens with zero attached hydrogens (tertiary/aromatic N) is 3. The number of halogens is 1. The molecule has 4 atom stereocenters. The SMILES string of the molecule is CN1CC=C[C@H](OC(=O)N2CCC2)[C@@H]2CC[C@H]2CN2C[C@@]3(CCCc4cc(Cl)ccc43)COc3ccc(cc32)S(=O)(=O)NC(=O)C1(C)C. The lowest BCUT2D eigenvalue weighted by atomic mass is 9.68. The lowest BCUT2D eigenvalue weighted by molar-refractivity contribution is -0.128. The Labute approximate surface area is 288 Å². The number of nitrogens with one attached hydrogen (secondary N) is 1. The van der Waals surface area contributed by atoms with Crippen molar-refractivity contribution in [1.82, 2.24) is 14.5 Å². The molecule has 258 valence electrons. The summed E-state index contributed by atoms with van der Waals surface area (Å²) in [7, 11) is -2.42. The highest BCUT2D eigenvalue weighted by Gasteiger charge is 2.45. The summed E-state index contributed by atoms with van der Waals surface area (Å²) in [6, 6.07) is 11.0. The molecule has 10 nitrogen and oxygen atoms in total. The van der Waals surface area contributed by atoms with Gasteiger partial charge in [0.05, 0.1) is 22.7 Å². The molecule has 3 heterocycles. The maximum absolute atomic E-state index is 13.7. The third kappa shape index (κ3) is 6.07. The fourth-order valence-corrected chi connectivity index (χ4v) is 9.14. The van der Waals surface area contributed by atoms with E-state index in [4.69, 9.17) is 21.1 Å². The molecule has 3 aliphatic heterocycles. The normalized spacial score (nSPS) is 29.7. The van der Waals surface area contributed by atoms with Crippen molar-refractivity contribution in [3.8, 4) is 5.75 Å². The Morgan fingerprint density at radius 1 is 1.10 bits per heavy atom. The third-order valence-corrected chi connectivity index (χ3v) is 13.0. The first kappa shape index (κ1) is 33.2. The lowest BCUT2D eigenvalue weighted by Gasteiger charge is -2.46. The minimum absolute atomic E-state index is 0.00642. The number of ether oxygens (including phenoxy) is 2. The molecule has 5 aliphatic rings. The van der Waals surface area contributed by atoms with Crippen LogP contribution in [0.3, 0.4) is 0 Å². The van der Waals surface area contributed by atoms with Crippen LogP contribution in [0.15, 0.2) is 53.4 Å². The van der Waals surface area contributed by atoms with Crippen molar-refractivity contribution in [2.24, 2.45) is 11.8 Å². The molecule has 0 unspecified atom stereocenters. The predicted molar refractivity (Wildman–Crippen MR) is 184 cm³/mol. The zero-order chi connectivity index (χ0) is 33.8. The largest absolute Gasteiger partial charge is 0.490 e. The Morgan fingerprint density at radius 2 is 1.92 bits per heavy atom. The molecule has 0 radical (unpaired) electrons. The van der Waals surface area contributed by atoms with Crippen molar-refractivity contribution in [2.75, 3.05) is 51.3 Å². The van der Waals surface area contributed by atoms with E-state index in [1.54, 1.807) is 42.8 Å². The molecule has 1 spiro atoms. The Kier molecular flexibility index (Phi) is 8.69. The van der Waals surface area contributed by atoms with Gasteiger partial charge in [-0.2, -0.15) is 0 Å². The predicted octanol–water partition coefficient (Wildman–Crippen LogP) is 5.14. The summed E-state index contributed by atoms with van der Waals surface area (Å²) in [5.74, 6) is 0.261. The van der Waals surface area contributed by atoms with Crippen molar-refractivity contribution in [3.05, 3.63) is 64.7 Å². The van der Waals surface area contributed by atoms with Crippen LogP contribution in [0.5, 0.6) is 5.75 Å². The molecule has 2 bridgehead atoms. The van der Waals surface area contributed by atoms with E-state index >= 15 is 0 Å². The number of sulfonamides is 1. The highest BCUT2D eigenvalue weighted by Crippen LogP contribution is 2.47. The van der Waals surface area contributed by atoms with Crippen molar-refractivity contribution in [3.63, 3.8) is 0 Å². The van der Waals surface area contributed by atoms with Crippen LogP contribution in [-0.4, -0.2) is 88.2 Å². The summed E-state index contributed by atoms with van der Waals surface area (Å²) >= 11 is 6.43. The van der Waals surface area contributed by atoms with Crippen LogP contribution in [0, 0.1) is 11.8 Å². The number of carbonyl (C=O) groups is 2. The first-order valence-electron chi connectivity index (χ1n) is 17.1. The second kappa shape index (κ2) is 12.6. The van der Waals surface area contributed by atoms with Crippen molar-refractivity contribution >= 4 is 39.3 Å². The molecular weight excluding hydrogens is 652 g/mol. The van der Waals surface area contributed by atoms with Crippen molar-refractivity contribution < 1.29 is 27.5 Å². The van der Waals surface area contributed by atoms with Gasteiger partial charge in [-0.05, 0) is 113 Å². The van der Waals surface area contributed by atoms with Gasteiger partial charge in [-0.25, -0.2) is 17.9 Å². The van der Waals surface area contributed by atoms with Gasteiger partial charge in [-0.1, -0.05) is 23.7 Å². The molecule has 7 rings (SSSR count). The maximum atomic E-state index is 13.7. The molecule has 12 heteroatoms. The Hall–Kier alpha value is -3.28.